The standard InChI is InChI=1S/C17H24N2O4S/c1-12-4-6-17(7-5-12)15(21)19(16(22)18-17)9-13(20)10-23-11-14-3-2-8-24-14/h2-3,8,12-13,20H,4-7,9-11H2,1H3,(H,18,22). The molecule has 2 heterocycles. The van der Waals surface area contributed by atoms with Gasteiger partial charge in [0, 0.05) is 4.88 Å². The van der Waals surface area contributed by atoms with Crippen molar-refractivity contribution in [2.75, 3.05) is 13.2 Å². The second kappa shape index (κ2) is 7.21. The van der Waals surface area contributed by atoms with E-state index in [1.807, 2.05) is 17.5 Å². The lowest BCUT2D eigenvalue weighted by Gasteiger charge is -2.33. The molecule has 1 unspecified atom stereocenters. The van der Waals surface area contributed by atoms with Crippen LogP contribution in [0.1, 0.15) is 37.5 Å². The smallest absolute Gasteiger partial charge is 0.325 e. The van der Waals surface area contributed by atoms with Gasteiger partial charge in [0.1, 0.15) is 5.54 Å². The number of carbonyl (C=O) groups is 2. The summed E-state index contributed by atoms with van der Waals surface area (Å²) in [7, 11) is 0. The molecular formula is C17H24N2O4S. The summed E-state index contributed by atoms with van der Waals surface area (Å²) in [6.45, 7) is 2.67. The third kappa shape index (κ3) is 3.63. The highest BCUT2D eigenvalue weighted by molar-refractivity contribution is 7.09. The molecule has 7 heteroatoms. The topological polar surface area (TPSA) is 78.9 Å². The van der Waals surface area contributed by atoms with E-state index in [0.29, 0.717) is 25.4 Å². The van der Waals surface area contributed by atoms with Crippen LogP contribution >= 0.6 is 11.3 Å². The first-order valence-corrected chi connectivity index (χ1v) is 9.30. The summed E-state index contributed by atoms with van der Waals surface area (Å²) < 4.78 is 5.46. The molecule has 1 aliphatic heterocycles. The van der Waals surface area contributed by atoms with E-state index < -0.39 is 17.7 Å². The first-order chi connectivity index (χ1) is 11.5. The van der Waals surface area contributed by atoms with E-state index in [-0.39, 0.29) is 19.1 Å². The zero-order valence-electron chi connectivity index (χ0n) is 13.9. The molecule has 0 aromatic carbocycles. The van der Waals surface area contributed by atoms with Gasteiger partial charge in [-0.3, -0.25) is 9.69 Å². The number of imide groups is 1. The summed E-state index contributed by atoms with van der Waals surface area (Å²) in [6.07, 6.45) is 2.36. The number of amides is 3. The average molecular weight is 352 g/mol. The van der Waals surface area contributed by atoms with Crippen LogP contribution in [0.4, 0.5) is 4.79 Å². The van der Waals surface area contributed by atoms with Crippen LogP contribution in [0.2, 0.25) is 0 Å². The number of hydrogen-bond donors (Lipinski definition) is 2. The molecule has 3 rings (SSSR count). The Morgan fingerprint density at radius 2 is 2.21 bits per heavy atom. The molecule has 132 valence electrons. The number of rotatable bonds is 6. The summed E-state index contributed by atoms with van der Waals surface area (Å²) in [4.78, 5) is 27.1. The molecule has 1 saturated heterocycles. The normalized spacial score (nSPS) is 28.4. The van der Waals surface area contributed by atoms with Crippen molar-refractivity contribution in [3.05, 3.63) is 22.4 Å². The van der Waals surface area contributed by atoms with Gasteiger partial charge in [-0.1, -0.05) is 13.0 Å². The van der Waals surface area contributed by atoms with Gasteiger partial charge in [-0.05, 0) is 43.0 Å². The zero-order valence-corrected chi connectivity index (χ0v) is 14.7. The predicted octanol–water partition coefficient (Wildman–Crippen LogP) is 2.13. The molecular weight excluding hydrogens is 328 g/mol. The molecule has 6 nitrogen and oxygen atoms in total. The molecule has 1 aromatic heterocycles. The summed E-state index contributed by atoms with van der Waals surface area (Å²) in [5.74, 6) is 0.391. The number of thiophene rings is 1. The predicted molar refractivity (Wildman–Crippen MR) is 90.6 cm³/mol. The average Bonchev–Trinajstić information content (AvgIpc) is 3.14. The first-order valence-electron chi connectivity index (χ1n) is 8.42. The molecule has 3 amide bonds. The van der Waals surface area contributed by atoms with Crippen LogP contribution in [-0.4, -0.2) is 46.7 Å². The van der Waals surface area contributed by atoms with Crippen LogP contribution in [0.3, 0.4) is 0 Å². The van der Waals surface area contributed by atoms with Crippen molar-refractivity contribution in [1.82, 2.24) is 10.2 Å². The Balaban J connectivity index is 1.51. The molecule has 0 radical (unpaired) electrons. The maximum Gasteiger partial charge on any atom is 0.325 e. The molecule has 1 aromatic rings. The number of β-amino-alcohol motifs (C(OH)–C–C–N with tert-alkyl or cyclic N) is 1. The Morgan fingerprint density at radius 1 is 1.46 bits per heavy atom. The van der Waals surface area contributed by atoms with Crippen LogP contribution in [0, 0.1) is 5.92 Å². The molecule has 1 aliphatic carbocycles. The maximum absolute atomic E-state index is 12.7. The molecule has 2 N–H and O–H groups in total. The Kier molecular flexibility index (Phi) is 5.22. The quantitative estimate of drug-likeness (QED) is 0.769. The van der Waals surface area contributed by atoms with Crippen LogP contribution in [0.25, 0.3) is 0 Å². The van der Waals surface area contributed by atoms with Crippen molar-refractivity contribution < 1.29 is 19.4 Å². The highest BCUT2D eigenvalue weighted by Crippen LogP contribution is 2.36. The van der Waals surface area contributed by atoms with Crippen molar-refractivity contribution in [3.63, 3.8) is 0 Å². The van der Waals surface area contributed by atoms with Gasteiger partial charge >= 0.3 is 6.03 Å². The summed E-state index contributed by atoms with van der Waals surface area (Å²) in [6, 6.07) is 3.51. The van der Waals surface area contributed by atoms with Crippen LogP contribution in [-0.2, 0) is 16.1 Å². The monoisotopic (exact) mass is 352 g/mol. The minimum atomic E-state index is -0.877. The molecule has 24 heavy (non-hydrogen) atoms. The highest BCUT2D eigenvalue weighted by atomic mass is 32.1. The first kappa shape index (κ1) is 17.4. The zero-order chi connectivity index (χ0) is 17.2. The van der Waals surface area contributed by atoms with Gasteiger partial charge < -0.3 is 15.2 Å². The number of nitrogens with one attached hydrogen (secondary N) is 1. The van der Waals surface area contributed by atoms with E-state index in [2.05, 4.69) is 12.2 Å². The van der Waals surface area contributed by atoms with Crippen molar-refractivity contribution in [1.29, 1.82) is 0 Å². The third-order valence-corrected chi connectivity index (χ3v) is 5.75. The van der Waals surface area contributed by atoms with Crippen molar-refractivity contribution in [3.8, 4) is 0 Å². The van der Waals surface area contributed by atoms with E-state index in [4.69, 9.17) is 4.74 Å². The largest absolute Gasteiger partial charge is 0.389 e. The van der Waals surface area contributed by atoms with Gasteiger partial charge in [0.25, 0.3) is 5.91 Å². The van der Waals surface area contributed by atoms with Crippen molar-refractivity contribution in [2.24, 2.45) is 5.92 Å². The van der Waals surface area contributed by atoms with Crippen LogP contribution < -0.4 is 5.32 Å². The molecule has 1 atom stereocenters. The van der Waals surface area contributed by atoms with Gasteiger partial charge in [0.05, 0.1) is 25.9 Å². The SMILES string of the molecule is CC1CCC2(CC1)NC(=O)N(CC(O)COCc1cccs1)C2=O. The van der Waals surface area contributed by atoms with E-state index in [0.717, 1.165) is 22.6 Å². The molecule has 1 saturated carbocycles. The van der Waals surface area contributed by atoms with Gasteiger partial charge in [-0.25, -0.2) is 4.79 Å². The molecule has 1 spiro atoms. The van der Waals surface area contributed by atoms with Crippen LogP contribution in [0.15, 0.2) is 17.5 Å². The van der Waals surface area contributed by atoms with E-state index in [1.54, 1.807) is 11.3 Å². The fourth-order valence-corrected chi connectivity index (χ4v) is 4.03. The number of carbonyl (C=O) groups excluding carboxylic acids is 2. The van der Waals surface area contributed by atoms with E-state index in [1.165, 1.54) is 0 Å². The number of aliphatic hydroxyl groups excluding tert-OH is 1. The van der Waals surface area contributed by atoms with Gasteiger partial charge in [-0.2, -0.15) is 0 Å². The van der Waals surface area contributed by atoms with Gasteiger partial charge in [0.2, 0.25) is 0 Å². The lowest BCUT2D eigenvalue weighted by Crippen LogP contribution is -2.49. The minimum absolute atomic E-state index is 0.0214. The number of ether oxygens (including phenoxy) is 1. The number of nitrogens with zero attached hydrogens (tertiary/aromatic N) is 1. The summed E-state index contributed by atoms with van der Waals surface area (Å²) in [5, 5.41) is 14.9. The summed E-state index contributed by atoms with van der Waals surface area (Å²) >= 11 is 1.59. The Labute approximate surface area is 145 Å². The second-order valence-corrected chi connectivity index (χ2v) is 7.89. The van der Waals surface area contributed by atoms with E-state index >= 15 is 0 Å². The number of urea groups is 1. The minimum Gasteiger partial charge on any atom is -0.389 e. The Bertz CT molecular complexity index is 581. The fourth-order valence-electron chi connectivity index (χ4n) is 3.39. The van der Waals surface area contributed by atoms with Gasteiger partial charge in [0.15, 0.2) is 0 Å². The Morgan fingerprint density at radius 3 is 2.88 bits per heavy atom. The maximum atomic E-state index is 12.7. The third-order valence-electron chi connectivity index (χ3n) is 4.90. The summed E-state index contributed by atoms with van der Waals surface area (Å²) in [5.41, 5.74) is -0.749. The number of aliphatic hydroxyl groups is 1. The Hall–Kier alpha value is -1.44. The lowest BCUT2D eigenvalue weighted by molar-refractivity contribution is -0.134. The molecule has 0 bridgehead atoms. The number of hydrogen-bond acceptors (Lipinski definition) is 5. The molecule has 2 fully saturated rings. The van der Waals surface area contributed by atoms with E-state index in [9.17, 15) is 14.7 Å². The second-order valence-electron chi connectivity index (χ2n) is 6.86. The van der Waals surface area contributed by atoms with Gasteiger partial charge in [-0.15, -0.1) is 11.3 Å². The van der Waals surface area contributed by atoms with Crippen molar-refractivity contribution >= 4 is 23.3 Å². The fraction of sp³-hybridized carbons (Fsp3) is 0.647. The van der Waals surface area contributed by atoms with Crippen molar-refractivity contribution in [2.45, 2.75) is 50.9 Å². The molecule has 2 aliphatic rings. The lowest BCUT2D eigenvalue weighted by atomic mass is 9.77. The van der Waals surface area contributed by atoms with Crippen LogP contribution in [0.5, 0.6) is 0 Å². The highest BCUT2D eigenvalue weighted by Gasteiger charge is 2.52.